The number of carbonyl (C=O) groups is 2. The summed E-state index contributed by atoms with van der Waals surface area (Å²) in [7, 11) is 0. The van der Waals surface area contributed by atoms with Crippen LogP contribution in [0.15, 0.2) is 84.9 Å². The molecule has 2 aromatic heterocycles. The number of fused-ring (bicyclic) bond motifs is 2. The van der Waals surface area contributed by atoms with Crippen LogP contribution in [0, 0.1) is 0 Å². The zero-order chi connectivity index (χ0) is 36.3. The number of carboxylic acids is 2. The molecule has 50 heavy (non-hydrogen) atoms. The van der Waals surface area contributed by atoms with Gasteiger partial charge in [0, 0.05) is 41.3 Å². The molecule has 6 N–H and O–H groups in total. The second-order valence-corrected chi connectivity index (χ2v) is 13.1. The van der Waals surface area contributed by atoms with Gasteiger partial charge in [0.05, 0.1) is 23.9 Å². The first-order chi connectivity index (χ1) is 23.7. The van der Waals surface area contributed by atoms with Crippen LogP contribution in [-0.2, 0) is 35.5 Å². The molecule has 0 saturated heterocycles. The van der Waals surface area contributed by atoms with E-state index >= 15 is 0 Å². The second kappa shape index (κ2) is 14.7. The fourth-order valence-electron chi connectivity index (χ4n) is 6.81. The monoisotopic (exact) mass is 678 g/mol. The van der Waals surface area contributed by atoms with Crippen molar-refractivity contribution >= 4 is 33.7 Å². The summed E-state index contributed by atoms with van der Waals surface area (Å²) in [6.45, 7) is 9.13. The number of aromatic hydroxyl groups is 4. The molecule has 10 nitrogen and oxygen atoms in total. The summed E-state index contributed by atoms with van der Waals surface area (Å²) in [4.78, 5) is 22.8. The van der Waals surface area contributed by atoms with E-state index in [4.69, 9.17) is 0 Å². The molecule has 0 aliphatic carbocycles. The number of hydrogen-bond donors (Lipinski definition) is 6. The highest BCUT2D eigenvalue weighted by Gasteiger charge is 2.24. The number of para-hydroxylation sites is 1. The van der Waals surface area contributed by atoms with Crippen LogP contribution in [0.4, 0.5) is 0 Å². The van der Waals surface area contributed by atoms with Crippen molar-refractivity contribution < 1.29 is 40.2 Å². The van der Waals surface area contributed by atoms with Crippen LogP contribution >= 0.6 is 0 Å². The Morgan fingerprint density at radius 1 is 0.580 bits per heavy atom. The SMILES string of the molecule is CC(C)c1c(CC(=O)O)c2ccc(O)cc2n1Cc1ccc(O)cc1.CC(C)c1c(CC(=O)O)c2cccc(O)c2n1Cc1ccc(O)cc1. The van der Waals surface area contributed by atoms with Crippen molar-refractivity contribution in [3.05, 3.63) is 119 Å². The number of hydrogen-bond acceptors (Lipinski definition) is 6. The molecule has 2 heterocycles. The third-order valence-electron chi connectivity index (χ3n) is 8.71. The van der Waals surface area contributed by atoms with Crippen LogP contribution in [0.2, 0.25) is 0 Å². The van der Waals surface area contributed by atoms with Gasteiger partial charge in [0.15, 0.2) is 0 Å². The molecule has 0 aliphatic rings. The lowest BCUT2D eigenvalue weighted by atomic mass is 10.0. The summed E-state index contributed by atoms with van der Waals surface area (Å²) >= 11 is 0. The Morgan fingerprint density at radius 2 is 1.04 bits per heavy atom. The minimum absolute atomic E-state index is 0.0582. The molecule has 6 rings (SSSR count). The Labute approximate surface area is 289 Å². The van der Waals surface area contributed by atoms with Crippen molar-refractivity contribution in [2.45, 2.75) is 65.5 Å². The van der Waals surface area contributed by atoms with Gasteiger partial charge in [0.25, 0.3) is 0 Å². The summed E-state index contributed by atoms with van der Waals surface area (Å²) in [6, 6.07) is 24.1. The molecule has 0 saturated carbocycles. The van der Waals surface area contributed by atoms with Gasteiger partial charge in [-0.05, 0) is 76.6 Å². The normalized spacial score (nSPS) is 11.3. The molecule has 0 fully saturated rings. The smallest absolute Gasteiger partial charge is 0.307 e. The number of carboxylic acid groups (broad SMARTS) is 2. The number of phenolic OH excluding ortho intramolecular Hbond substituents is 4. The molecule has 0 bridgehead atoms. The zero-order valence-corrected chi connectivity index (χ0v) is 28.5. The van der Waals surface area contributed by atoms with E-state index in [0.29, 0.717) is 18.6 Å². The lowest BCUT2D eigenvalue weighted by Crippen LogP contribution is -2.09. The van der Waals surface area contributed by atoms with Crippen molar-refractivity contribution in [2.24, 2.45) is 0 Å². The van der Waals surface area contributed by atoms with Gasteiger partial charge in [-0.25, -0.2) is 0 Å². The van der Waals surface area contributed by atoms with Crippen molar-refractivity contribution in [1.29, 1.82) is 0 Å². The van der Waals surface area contributed by atoms with E-state index in [1.54, 1.807) is 54.6 Å². The third-order valence-corrected chi connectivity index (χ3v) is 8.71. The first-order valence-corrected chi connectivity index (χ1v) is 16.4. The largest absolute Gasteiger partial charge is 0.508 e. The molecule has 4 aromatic carbocycles. The van der Waals surface area contributed by atoms with Gasteiger partial charge in [-0.3, -0.25) is 9.59 Å². The summed E-state index contributed by atoms with van der Waals surface area (Å²) in [5.41, 5.74) is 6.80. The lowest BCUT2D eigenvalue weighted by Gasteiger charge is -2.15. The minimum atomic E-state index is -0.895. The van der Waals surface area contributed by atoms with Gasteiger partial charge in [-0.15, -0.1) is 0 Å². The van der Waals surface area contributed by atoms with Gasteiger partial charge < -0.3 is 39.8 Å². The highest BCUT2D eigenvalue weighted by Crippen LogP contribution is 2.37. The standard InChI is InChI=1S/2C20H21NO4/c1-12(2)20-17(10-19(24)25)16-8-7-15(23)9-18(16)21(20)11-13-3-5-14(22)6-4-13;1-12(2)19-16(10-18(24)25)15-4-3-5-17(23)20(15)21(19)11-13-6-8-14(22)9-7-13/h2*3-9,12,22-23H,10-11H2,1-2H3,(H,24,25). The van der Waals surface area contributed by atoms with Crippen molar-refractivity contribution in [1.82, 2.24) is 9.13 Å². The average molecular weight is 679 g/mol. The molecule has 260 valence electrons. The Bertz CT molecular complexity index is 2160. The molecule has 0 aliphatic heterocycles. The van der Waals surface area contributed by atoms with Gasteiger partial charge in [0.1, 0.15) is 23.0 Å². The van der Waals surface area contributed by atoms with E-state index in [9.17, 15) is 40.2 Å². The Balaban J connectivity index is 0.000000194. The molecular weight excluding hydrogens is 636 g/mol. The van der Waals surface area contributed by atoms with Crippen molar-refractivity contribution in [2.75, 3.05) is 0 Å². The number of nitrogens with zero attached hydrogens (tertiary/aromatic N) is 2. The number of rotatable bonds is 10. The fraction of sp³-hybridized carbons (Fsp3) is 0.250. The van der Waals surface area contributed by atoms with Crippen LogP contribution in [0.25, 0.3) is 21.8 Å². The fourth-order valence-corrected chi connectivity index (χ4v) is 6.81. The first-order valence-electron chi connectivity index (χ1n) is 16.4. The Hall–Kier alpha value is -5.90. The average Bonchev–Trinajstić information content (AvgIpc) is 3.51. The number of aromatic nitrogens is 2. The minimum Gasteiger partial charge on any atom is -0.508 e. The highest BCUT2D eigenvalue weighted by molar-refractivity contribution is 5.93. The van der Waals surface area contributed by atoms with Crippen LogP contribution in [-0.4, -0.2) is 51.7 Å². The Kier molecular flexibility index (Phi) is 10.4. The Morgan fingerprint density at radius 3 is 1.54 bits per heavy atom. The number of aliphatic carboxylic acids is 2. The molecule has 0 unspecified atom stereocenters. The van der Waals surface area contributed by atoms with Gasteiger partial charge >= 0.3 is 11.9 Å². The van der Waals surface area contributed by atoms with E-state index < -0.39 is 11.9 Å². The number of benzene rings is 4. The van der Waals surface area contributed by atoms with E-state index in [-0.39, 0.29) is 47.7 Å². The molecule has 0 atom stereocenters. The predicted molar refractivity (Wildman–Crippen MR) is 192 cm³/mol. The molecule has 0 amide bonds. The highest BCUT2D eigenvalue weighted by atomic mass is 16.4. The van der Waals surface area contributed by atoms with Crippen LogP contribution in [0.1, 0.15) is 73.2 Å². The van der Waals surface area contributed by atoms with Crippen molar-refractivity contribution in [3.63, 3.8) is 0 Å². The van der Waals surface area contributed by atoms with Crippen molar-refractivity contribution in [3.8, 4) is 23.0 Å². The molecular formula is C40H42N2O8. The maximum Gasteiger partial charge on any atom is 0.307 e. The van der Waals surface area contributed by atoms with Gasteiger partial charge in [-0.1, -0.05) is 64.1 Å². The van der Waals surface area contributed by atoms with Gasteiger partial charge in [0.2, 0.25) is 0 Å². The molecule has 0 radical (unpaired) electrons. The zero-order valence-electron chi connectivity index (χ0n) is 28.5. The summed E-state index contributed by atoms with van der Waals surface area (Å²) in [5, 5.41) is 59.6. The van der Waals surface area contributed by atoms with E-state index in [2.05, 4.69) is 4.57 Å². The third kappa shape index (κ3) is 7.54. The van der Waals surface area contributed by atoms with Crippen LogP contribution < -0.4 is 0 Å². The topological polar surface area (TPSA) is 165 Å². The maximum atomic E-state index is 11.4. The summed E-state index contributed by atoms with van der Waals surface area (Å²) in [6.07, 6.45) is -0.145. The molecule has 6 aromatic rings. The first kappa shape index (κ1) is 35.4. The summed E-state index contributed by atoms with van der Waals surface area (Å²) < 4.78 is 4.05. The van der Waals surface area contributed by atoms with E-state index in [1.165, 1.54) is 0 Å². The summed E-state index contributed by atoms with van der Waals surface area (Å²) in [5.74, 6) is -0.871. The quantitative estimate of drug-likeness (QED) is 0.0858. The maximum absolute atomic E-state index is 11.4. The van der Waals surface area contributed by atoms with Crippen LogP contribution in [0.5, 0.6) is 23.0 Å². The van der Waals surface area contributed by atoms with Gasteiger partial charge in [-0.2, -0.15) is 0 Å². The van der Waals surface area contributed by atoms with Crippen LogP contribution in [0.3, 0.4) is 0 Å². The predicted octanol–water partition coefficient (Wildman–Crippen LogP) is 7.70. The van der Waals surface area contributed by atoms with E-state index in [0.717, 1.165) is 49.9 Å². The van der Waals surface area contributed by atoms with E-state index in [1.807, 2.05) is 62.6 Å². The molecule has 0 spiro atoms. The molecule has 10 heteroatoms. The second-order valence-electron chi connectivity index (χ2n) is 13.1. The lowest BCUT2D eigenvalue weighted by molar-refractivity contribution is -0.137. The number of phenols is 4.